The standard InChI is InChI=1S/C15H12ClF2NO/c1-8-5-9(16)6-12-15(8)20-13(7-19-12)14-10(17)3-2-4-11(14)18/h2-6,13,19H,7H2,1H3. The average Bonchev–Trinajstić information content (AvgIpc) is 2.39. The molecule has 2 aromatic rings. The first-order valence-corrected chi connectivity index (χ1v) is 6.58. The Bertz CT molecular complexity index is 655. The van der Waals surface area contributed by atoms with Gasteiger partial charge in [0, 0.05) is 5.02 Å². The van der Waals surface area contributed by atoms with E-state index in [9.17, 15) is 8.78 Å². The Balaban J connectivity index is 2.00. The molecule has 2 nitrogen and oxygen atoms in total. The molecule has 104 valence electrons. The summed E-state index contributed by atoms with van der Waals surface area (Å²) < 4.78 is 33.4. The third-order valence-electron chi connectivity index (χ3n) is 3.30. The predicted molar refractivity (Wildman–Crippen MR) is 74.4 cm³/mol. The molecule has 1 atom stereocenters. The summed E-state index contributed by atoms with van der Waals surface area (Å²) in [5.74, 6) is -0.632. The van der Waals surface area contributed by atoms with Gasteiger partial charge in [-0.1, -0.05) is 17.7 Å². The van der Waals surface area contributed by atoms with Crippen LogP contribution in [0.15, 0.2) is 30.3 Å². The van der Waals surface area contributed by atoms with Crippen LogP contribution in [0.4, 0.5) is 14.5 Å². The van der Waals surface area contributed by atoms with Gasteiger partial charge in [-0.2, -0.15) is 0 Å². The average molecular weight is 296 g/mol. The number of fused-ring (bicyclic) bond motifs is 1. The van der Waals surface area contributed by atoms with Crippen LogP contribution in [-0.4, -0.2) is 6.54 Å². The number of rotatable bonds is 1. The quantitative estimate of drug-likeness (QED) is 0.838. The van der Waals surface area contributed by atoms with E-state index in [1.54, 1.807) is 12.1 Å². The van der Waals surface area contributed by atoms with Crippen molar-refractivity contribution in [2.45, 2.75) is 13.0 Å². The van der Waals surface area contributed by atoms with E-state index in [1.807, 2.05) is 6.92 Å². The van der Waals surface area contributed by atoms with Crippen LogP contribution in [0.5, 0.6) is 5.75 Å². The van der Waals surface area contributed by atoms with Crippen LogP contribution in [-0.2, 0) is 0 Å². The second-order valence-electron chi connectivity index (χ2n) is 4.72. The van der Waals surface area contributed by atoms with E-state index >= 15 is 0 Å². The van der Waals surface area contributed by atoms with Crippen molar-refractivity contribution >= 4 is 17.3 Å². The Morgan fingerprint density at radius 3 is 2.65 bits per heavy atom. The molecular weight excluding hydrogens is 284 g/mol. The first kappa shape index (κ1) is 13.2. The molecule has 0 saturated carbocycles. The van der Waals surface area contributed by atoms with E-state index in [0.717, 1.165) is 11.3 Å². The molecule has 3 rings (SSSR count). The van der Waals surface area contributed by atoms with E-state index in [4.69, 9.17) is 16.3 Å². The highest BCUT2D eigenvalue weighted by Gasteiger charge is 2.27. The van der Waals surface area contributed by atoms with Gasteiger partial charge in [-0.05, 0) is 36.8 Å². The third-order valence-corrected chi connectivity index (χ3v) is 3.52. The molecule has 1 heterocycles. The molecule has 0 saturated heterocycles. The highest BCUT2D eigenvalue weighted by atomic mass is 35.5. The number of ether oxygens (including phenoxy) is 1. The van der Waals surface area contributed by atoms with Crippen LogP contribution < -0.4 is 10.1 Å². The van der Waals surface area contributed by atoms with Crippen LogP contribution in [0.1, 0.15) is 17.2 Å². The van der Waals surface area contributed by atoms with Crippen molar-refractivity contribution < 1.29 is 13.5 Å². The second-order valence-corrected chi connectivity index (χ2v) is 5.16. The number of halogens is 3. The summed E-state index contributed by atoms with van der Waals surface area (Å²) in [7, 11) is 0. The lowest BCUT2D eigenvalue weighted by atomic mass is 10.0. The Morgan fingerprint density at radius 2 is 1.95 bits per heavy atom. The maximum absolute atomic E-state index is 13.8. The number of hydrogen-bond donors (Lipinski definition) is 1. The Hall–Kier alpha value is -1.81. The van der Waals surface area contributed by atoms with Gasteiger partial charge in [-0.25, -0.2) is 8.78 Å². The third kappa shape index (κ3) is 2.20. The molecule has 1 aliphatic heterocycles. The van der Waals surface area contributed by atoms with Crippen molar-refractivity contribution in [3.8, 4) is 5.75 Å². The van der Waals surface area contributed by atoms with Crippen LogP contribution in [0.25, 0.3) is 0 Å². The highest BCUT2D eigenvalue weighted by molar-refractivity contribution is 6.31. The van der Waals surface area contributed by atoms with E-state index in [-0.39, 0.29) is 12.1 Å². The first-order valence-electron chi connectivity index (χ1n) is 6.21. The Kier molecular flexibility index (Phi) is 3.26. The summed E-state index contributed by atoms with van der Waals surface area (Å²) in [6.45, 7) is 2.12. The maximum atomic E-state index is 13.8. The number of aryl methyl sites for hydroxylation is 1. The summed E-state index contributed by atoms with van der Waals surface area (Å²) in [5, 5.41) is 3.70. The highest BCUT2D eigenvalue weighted by Crippen LogP contribution is 2.39. The first-order chi connectivity index (χ1) is 9.56. The van der Waals surface area contributed by atoms with Gasteiger partial charge in [0.2, 0.25) is 0 Å². The minimum absolute atomic E-state index is 0.0556. The minimum Gasteiger partial charge on any atom is -0.481 e. The molecule has 1 N–H and O–H groups in total. The van der Waals surface area contributed by atoms with E-state index in [2.05, 4.69) is 5.32 Å². The summed E-state index contributed by atoms with van der Waals surface area (Å²) in [6.07, 6.45) is -0.705. The summed E-state index contributed by atoms with van der Waals surface area (Å²) in [4.78, 5) is 0. The molecule has 5 heteroatoms. The minimum atomic E-state index is -0.705. The van der Waals surface area contributed by atoms with Crippen LogP contribution >= 0.6 is 11.6 Å². The molecule has 0 radical (unpaired) electrons. The van der Waals surface area contributed by atoms with Crippen molar-refractivity contribution in [2.24, 2.45) is 0 Å². The predicted octanol–water partition coefficient (Wildman–Crippen LogP) is 4.47. The fourth-order valence-corrected chi connectivity index (χ4v) is 2.66. The van der Waals surface area contributed by atoms with Gasteiger partial charge in [0.15, 0.2) is 0 Å². The van der Waals surface area contributed by atoms with Gasteiger partial charge in [0.05, 0.1) is 17.8 Å². The van der Waals surface area contributed by atoms with Crippen molar-refractivity contribution in [3.05, 3.63) is 58.1 Å². The second kappa shape index (κ2) is 4.94. The molecule has 2 aromatic carbocycles. The molecule has 0 spiro atoms. The largest absolute Gasteiger partial charge is 0.481 e. The summed E-state index contributed by atoms with van der Waals surface area (Å²) in [6, 6.07) is 7.28. The van der Waals surface area contributed by atoms with Gasteiger partial charge in [-0.3, -0.25) is 0 Å². The Labute approximate surface area is 120 Å². The van der Waals surface area contributed by atoms with Crippen LogP contribution in [0, 0.1) is 18.6 Å². The van der Waals surface area contributed by atoms with E-state index in [0.29, 0.717) is 10.8 Å². The SMILES string of the molecule is Cc1cc(Cl)cc2c1OC(c1c(F)cccc1F)CN2. The molecular formula is C15H12ClF2NO. The normalized spacial score (nSPS) is 17.1. The van der Waals surface area contributed by atoms with Gasteiger partial charge >= 0.3 is 0 Å². The molecule has 0 aromatic heterocycles. The maximum Gasteiger partial charge on any atom is 0.147 e. The van der Waals surface area contributed by atoms with Crippen molar-refractivity contribution in [1.82, 2.24) is 0 Å². The lowest BCUT2D eigenvalue weighted by Crippen LogP contribution is -2.25. The van der Waals surface area contributed by atoms with Crippen LogP contribution in [0.3, 0.4) is 0 Å². The van der Waals surface area contributed by atoms with Gasteiger partial charge in [0.1, 0.15) is 23.5 Å². The smallest absolute Gasteiger partial charge is 0.147 e. The number of nitrogens with one attached hydrogen (secondary N) is 1. The molecule has 20 heavy (non-hydrogen) atoms. The zero-order valence-electron chi connectivity index (χ0n) is 10.7. The summed E-state index contributed by atoms with van der Waals surface area (Å²) >= 11 is 5.97. The van der Waals surface area contributed by atoms with Gasteiger partial charge in [0.25, 0.3) is 0 Å². The summed E-state index contributed by atoms with van der Waals surface area (Å²) in [5.41, 5.74) is 1.50. The molecule has 0 bridgehead atoms. The van der Waals surface area contributed by atoms with E-state index in [1.165, 1.54) is 18.2 Å². The van der Waals surface area contributed by atoms with Gasteiger partial charge < -0.3 is 10.1 Å². The van der Waals surface area contributed by atoms with Crippen molar-refractivity contribution in [2.75, 3.05) is 11.9 Å². The molecule has 0 amide bonds. The molecule has 0 aliphatic carbocycles. The Morgan fingerprint density at radius 1 is 1.25 bits per heavy atom. The number of benzene rings is 2. The molecule has 1 aliphatic rings. The fraction of sp³-hybridized carbons (Fsp3) is 0.200. The van der Waals surface area contributed by atoms with Gasteiger partial charge in [-0.15, -0.1) is 0 Å². The topological polar surface area (TPSA) is 21.3 Å². The number of anilines is 1. The van der Waals surface area contributed by atoms with E-state index < -0.39 is 17.7 Å². The van der Waals surface area contributed by atoms with Crippen molar-refractivity contribution in [1.29, 1.82) is 0 Å². The number of hydrogen-bond acceptors (Lipinski definition) is 2. The fourth-order valence-electron chi connectivity index (χ4n) is 2.38. The zero-order chi connectivity index (χ0) is 14.3. The lowest BCUT2D eigenvalue weighted by molar-refractivity contribution is 0.198. The lowest BCUT2D eigenvalue weighted by Gasteiger charge is -2.29. The molecule has 1 unspecified atom stereocenters. The monoisotopic (exact) mass is 295 g/mol. The van der Waals surface area contributed by atoms with Crippen LogP contribution in [0.2, 0.25) is 5.02 Å². The molecule has 0 fully saturated rings. The van der Waals surface area contributed by atoms with Crippen molar-refractivity contribution in [3.63, 3.8) is 0 Å². The zero-order valence-corrected chi connectivity index (χ0v) is 11.5.